The summed E-state index contributed by atoms with van der Waals surface area (Å²) >= 11 is 6.15. The Morgan fingerprint density at radius 1 is 1.29 bits per heavy atom. The van der Waals surface area contributed by atoms with Crippen LogP contribution < -0.4 is 10.2 Å². The number of carbonyl (C=O) groups is 2. The highest BCUT2D eigenvalue weighted by atomic mass is 35.5. The SMILES string of the molecule is CCC(=O)N[C@@H]1CCCc2c1cncc2N1C(=O)c2cc(Cl)ccc2[C@H]1CC. The first-order valence-corrected chi connectivity index (χ1v) is 10.3. The average Bonchev–Trinajstić information content (AvgIpc) is 2.98. The van der Waals surface area contributed by atoms with Gasteiger partial charge in [-0.1, -0.05) is 31.5 Å². The van der Waals surface area contributed by atoms with Gasteiger partial charge in [0.15, 0.2) is 0 Å². The number of nitrogens with zero attached hydrogens (tertiary/aromatic N) is 2. The van der Waals surface area contributed by atoms with Gasteiger partial charge in [-0.2, -0.15) is 0 Å². The molecule has 0 bridgehead atoms. The number of fused-ring (bicyclic) bond motifs is 2. The van der Waals surface area contributed by atoms with Gasteiger partial charge in [-0.15, -0.1) is 0 Å². The van der Waals surface area contributed by atoms with Gasteiger partial charge in [0.2, 0.25) is 5.91 Å². The summed E-state index contributed by atoms with van der Waals surface area (Å²) in [6.07, 6.45) is 7.63. The molecule has 2 heterocycles. The third-order valence-electron chi connectivity index (χ3n) is 5.80. The standard InChI is InChI=1S/C22H24ClN3O2/c1-3-19-15-9-8-13(23)10-16(15)22(28)26(19)20-12-24-11-17-14(20)6-5-7-18(17)25-21(27)4-2/h8-12,18-19H,3-7H2,1-2H3,(H,25,27)/t18-,19-/m1/s1. The number of nitrogens with one attached hydrogen (secondary N) is 1. The van der Waals surface area contributed by atoms with Crippen LogP contribution in [0.25, 0.3) is 0 Å². The fourth-order valence-electron chi connectivity index (χ4n) is 4.45. The van der Waals surface area contributed by atoms with Crippen LogP contribution in [0.3, 0.4) is 0 Å². The van der Waals surface area contributed by atoms with Crippen LogP contribution in [-0.4, -0.2) is 16.8 Å². The van der Waals surface area contributed by atoms with E-state index in [1.54, 1.807) is 12.3 Å². The van der Waals surface area contributed by atoms with Crippen LogP contribution in [0.4, 0.5) is 5.69 Å². The summed E-state index contributed by atoms with van der Waals surface area (Å²) in [7, 11) is 0. The minimum atomic E-state index is -0.0433. The number of aromatic nitrogens is 1. The van der Waals surface area contributed by atoms with Crippen molar-refractivity contribution in [3.63, 3.8) is 0 Å². The summed E-state index contributed by atoms with van der Waals surface area (Å²) in [5, 5.41) is 3.67. The van der Waals surface area contributed by atoms with Crippen molar-refractivity contribution in [2.45, 2.75) is 58.0 Å². The third-order valence-corrected chi connectivity index (χ3v) is 6.04. The monoisotopic (exact) mass is 397 g/mol. The summed E-state index contributed by atoms with van der Waals surface area (Å²) in [4.78, 5) is 31.5. The fourth-order valence-corrected chi connectivity index (χ4v) is 4.62. The van der Waals surface area contributed by atoms with Gasteiger partial charge in [0.1, 0.15) is 0 Å². The number of anilines is 1. The van der Waals surface area contributed by atoms with Crippen molar-refractivity contribution in [2.24, 2.45) is 0 Å². The molecule has 28 heavy (non-hydrogen) atoms. The number of carbonyl (C=O) groups excluding carboxylic acids is 2. The molecular formula is C22H24ClN3O2. The summed E-state index contributed by atoms with van der Waals surface area (Å²) in [5.74, 6) is 0.00764. The molecule has 146 valence electrons. The van der Waals surface area contributed by atoms with Gasteiger partial charge in [-0.3, -0.25) is 19.5 Å². The third kappa shape index (κ3) is 3.08. The Bertz CT molecular complexity index is 943. The van der Waals surface area contributed by atoms with Gasteiger partial charge in [-0.05, 0) is 54.5 Å². The van der Waals surface area contributed by atoms with E-state index in [0.29, 0.717) is 17.0 Å². The van der Waals surface area contributed by atoms with E-state index in [9.17, 15) is 9.59 Å². The second kappa shape index (κ2) is 7.55. The maximum absolute atomic E-state index is 13.3. The van der Waals surface area contributed by atoms with Gasteiger partial charge in [0.25, 0.3) is 5.91 Å². The van der Waals surface area contributed by atoms with Crippen LogP contribution in [0.1, 0.15) is 78.7 Å². The summed E-state index contributed by atoms with van der Waals surface area (Å²) in [6.45, 7) is 3.94. The Hall–Kier alpha value is -2.40. The van der Waals surface area contributed by atoms with E-state index in [1.165, 1.54) is 0 Å². The van der Waals surface area contributed by atoms with E-state index in [2.05, 4.69) is 17.2 Å². The zero-order valence-corrected chi connectivity index (χ0v) is 16.9. The van der Waals surface area contributed by atoms with Crippen LogP contribution in [-0.2, 0) is 11.2 Å². The Labute approximate surface area is 170 Å². The predicted molar refractivity (Wildman–Crippen MR) is 110 cm³/mol. The molecule has 1 aromatic heterocycles. The van der Waals surface area contributed by atoms with Crippen LogP contribution in [0, 0.1) is 0 Å². The van der Waals surface area contributed by atoms with Crippen LogP contribution in [0.2, 0.25) is 5.02 Å². The van der Waals surface area contributed by atoms with Crippen LogP contribution in [0.15, 0.2) is 30.6 Å². The van der Waals surface area contributed by atoms with Gasteiger partial charge in [-0.25, -0.2) is 0 Å². The van der Waals surface area contributed by atoms with Gasteiger partial charge >= 0.3 is 0 Å². The molecule has 0 saturated heterocycles. The molecule has 2 amide bonds. The van der Waals surface area contributed by atoms with Gasteiger partial charge in [0.05, 0.1) is 24.0 Å². The van der Waals surface area contributed by atoms with E-state index in [4.69, 9.17) is 11.6 Å². The molecule has 0 fully saturated rings. The maximum atomic E-state index is 13.3. The molecule has 0 radical (unpaired) electrons. The zero-order valence-electron chi connectivity index (χ0n) is 16.2. The Balaban J connectivity index is 1.77. The van der Waals surface area contributed by atoms with Crippen molar-refractivity contribution < 1.29 is 9.59 Å². The topological polar surface area (TPSA) is 62.3 Å². The molecule has 1 N–H and O–H groups in total. The molecule has 2 atom stereocenters. The highest BCUT2D eigenvalue weighted by Crippen LogP contribution is 2.44. The molecule has 1 aromatic carbocycles. The number of halogens is 1. The first-order chi connectivity index (χ1) is 13.5. The first kappa shape index (κ1) is 18.9. The lowest BCUT2D eigenvalue weighted by atomic mass is 9.87. The Kier molecular flexibility index (Phi) is 5.11. The molecule has 4 rings (SSSR count). The number of hydrogen-bond acceptors (Lipinski definition) is 3. The van der Waals surface area contributed by atoms with Crippen LogP contribution >= 0.6 is 11.6 Å². The number of amides is 2. The van der Waals surface area contributed by atoms with E-state index >= 15 is 0 Å². The minimum absolute atomic E-state index is 0.0285. The van der Waals surface area contributed by atoms with Crippen molar-refractivity contribution in [1.82, 2.24) is 10.3 Å². The molecule has 5 nitrogen and oxygen atoms in total. The maximum Gasteiger partial charge on any atom is 0.259 e. The van der Waals surface area contributed by atoms with Crippen molar-refractivity contribution in [3.8, 4) is 0 Å². The van der Waals surface area contributed by atoms with E-state index < -0.39 is 0 Å². The lowest BCUT2D eigenvalue weighted by Crippen LogP contribution is -2.33. The highest BCUT2D eigenvalue weighted by molar-refractivity contribution is 6.31. The lowest BCUT2D eigenvalue weighted by molar-refractivity contribution is -0.121. The molecule has 1 aliphatic heterocycles. The smallest absolute Gasteiger partial charge is 0.259 e. The highest BCUT2D eigenvalue weighted by Gasteiger charge is 2.39. The van der Waals surface area contributed by atoms with Crippen molar-refractivity contribution in [3.05, 3.63) is 57.9 Å². The van der Waals surface area contributed by atoms with Crippen molar-refractivity contribution in [1.29, 1.82) is 0 Å². The van der Waals surface area contributed by atoms with E-state index in [-0.39, 0.29) is 23.9 Å². The summed E-state index contributed by atoms with van der Waals surface area (Å²) in [5.41, 5.74) is 4.69. The fraction of sp³-hybridized carbons (Fsp3) is 0.409. The number of hydrogen-bond donors (Lipinski definition) is 1. The van der Waals surface area contributed by atoms with Crippen molar-refractivity contribution >= 4 is 29.1 Å². The number of pyridine rings is 1. The Morgan fingerprint density at radius 3 is 2.86 bits per heavy atom. The molecular weight excluding hydrogens is 374 g/mol. The molecule has 6 heteroatoms. The number of benzene rings is 1. The normalized spacial score (nSPS) is 20.7. The average molecular weight is 398 g/mol. The molecule has 1 aliphatic carbocycles. The van der Waals surface area contributed by atoms with Gasteiger partial charge < -0.3 is 5.32 Å². The minimum Gasteiger partial charge on any atom is -0.349 e. The summed E-state index contributed by atoms with van der Waals surface area (Å²) in [6, 6.07) is 5.48. The second-order valence-corrected chi connectivity index (χ2v) is 7.86. The van der Waals surface area contributed by atoms with Crippen molar-refractivity contribution in [2.75, 3.05) is 4.90 Å². The second-order valence-electron chi connectivity index (χ2n) is 7.42. The molecule has 0 unspecified atom stereocenters. The molecule has 2 aliphatic rings. The quantitative estimate of drug-likeness (QED) is 0.809. The molecule has 0 saturated carbocycles. The Morgan fingerprint density at radius 2 is 2.11 bits per heavy atom. The molecule has 2 aromatic rings. The van der Waals surface area contributed by atoms with E-state index in [1.807, 2.05) is 30.2 Å². The largest absolute Gasteiger partial charge is 0.349 e. The zero-order chi connectivity index (χ0) is 19.8. The van der Waals surface area contributed by atoms with Gasteiger partial charge in [0, 0.05) is 23.2 Å². The van der Waals surface area contributed by atoms with E-state index in [0.717, 1.165) is 48.1 Å². The van der Waals surface area contributed by atoms with Crippen LogP contribution in [0.5, 0.6) is 0 Å². The molecule has 0 spiro atoms. The first-order valence-electron chi connectivity index (χ1n) is 9.94. The number of rotatable bonds is 4. The predicted octanol–water partition coefficient (Wildman–Crippen LogP) is 4.75. The lowest BCUT2D eigenvalue weighted by Gasteiger charge is -2.32. The summed E-state index contributed by atoms with van der Waals surface area (Å²) < 4.78 is 0.